The Labute approximate surface area is 123 Å². The second-order valence-electron chi connectivity index (χ2n) is 5.71. The minimum Gasteiger partial charge on any atom is -0.406 e. The topological polar surface area (TPSA) is 30.5 Å². The van der Waals surface area contributed by atoms with Gasteiger partial charge in [0.1, 0.15) is 5.75 Å². The first-order chi connectivity index (χ1) is 9.72. The van der Waals surface area contributed by atoms with E-state index in [2.05, 4.69) is 23.9 Å². The standard InChI is InChI=1S/C15H22F3NO2/c1-14(2,7-8-20-3)11-19-10-12-5-4-6-13(9-12)21-15(16,17)18/h4-6,9,19H,7-8,10-11H2,1-3H3. The number of nitrogens with one attached hydrogen (secondary N) is 1. The summed E-state index contributed by atoms with van der Waals surface area (Å²) in [7, 11) is 1.66. The van der Waals surface area contributed by atoms with E-state index in [1.165, 1.54) is 12.1 Å². The minimum atomic E-state index is -4.66. The van der Waals surface area contributed by atoms with E-state index >= 15 is 0 Å². The predicted molar refractivity (Wildman–Crippen MR) is 75.1 cm³/mol. The molecule has 0 unspecified atom stereocenters. The fraction of sp³-hybridized carbons (Fsp3) is 0.600. The van der Waals surface area contributed by atoms with Crippen molar-refractivity contribution < 1.29 is 22.6 Å². The molecule has 0 aromatic heterocycles. The van der Waals surface area contributed by atoms with Crippen LogP contribution in [0.15, 0.2) is 24.3 Å². The zero-order valence-electron chi connectivity index (χ0n) is 12.6. The molecule has 1 aromatic carbocycles. The number of hydrogen-bond acceptors (Lipinski definition) is 3. The van der Waals surface area contributed by atoms with Gasteiger partial charge in [0.15, 0.2) is 0 Å². The van der Waals surface area contributed by atoms with Crippen LogP contribution in [0.5, 0.6) is 5.75 Å². The highest BCUT2D eigenvalue weighted by molar-refractivity contribution is 5.28. The Hall–Kier alpha value is -1.27. The normalized spacial score (nSPS) is 12.5. The number of ether oxygens (including phenoxy) is 2. The highest BCUT2D eigenvalue weighted by atomic mass is 19.4. The number of methoxy groups -OCH3 is 1. The van der Waals surface area contributed by atoms with Crippen LogP contribution >= 0.6 is 0 Å². The van der Waals surface area contributed by atoms with Crippen molar-refractivity contribution in [3.8, 4) is 5.75 Å². The molecule has 1 N–H and O–H groups in total. The Morgan fingerprint density at radius 3 is 2.52 bits per heavy atom. The largest absolute Gasteiger partial charge is 0.573 e. The highest BCUT2D eigenvalue weighted by Crippen LogP contribution is 2.23. The number of hydrogen-bond donors (Lipinski definition) is 1. The summed E-state index contributed by atoms with van der Waals surface area (Å²) in [6.45, 7) is 6.15. The molecule has 0 bridgehead atoms. The van der Waals surface area contributed by atoms with Crippen molar-refractivity contribution in [3.05, 3.63) is 29.8 Å². The third-order valence-corrected chi connectivity index (χ3v) is 3.05. The van der Waals surface area contributed by atoms with Crippen LogP contribution in [-0.4, -0.2) is 26.6 Å². The Morgan fingerprint density at radius 2 is 1.90 bits per heavy atom. The average molecular weight is 305 g/mol. The summed E-state index contributed by atoms with van der Waals surface area (Å²) >= 11 is 0. The van der Waals surface area contributed by atoms with Gasteiger partial charge in [-0.1, -0.05) is 26.0 Å². The smallest absolute Gasteiger partial charge is 0.406 e. The summed E-state index contributed by atoms with van der Waals surface area (Å²) in [5.41, 5.74) is 0.815. The molecular weight excluding hydrogens is 283 g/mol. The van der Waals surface area contributed by atoms with Gasteiger partial charge in [0.2, 0.25) is 0 Å². The average Bonchev–Trinajstić information content (AvgIpc) is 2.34. The Balaban J connectivity index is 2.47. The van der Waals surface area contributed by atoms with Gasteiger partial charge in [-0.2, -0.15) is 0 Å². The molecule has 0 fully saturated rings. The van der Waals surface area contributed by atoms with E-state index in [0.717, 1.165) is 18.5 Å². The lowest BCUT2D eigenvalue weighted by Gasteiger charge is -2.24. The van der Waals surface area contributed by atoms with E-state index in [4.69, 9.17) is 4.74 Å². The highest BCUT2D eigenvalue weighted by Gasteiger charge is 2.31. The molecule has 6 heteroatoms. The fourth-order valence-corrected chi connectivity index (χ4v) is 1.86. The van der Waals surface area contributed by atoms with Crippen LogP contribution in [0.4, 0.5) is 13.2 Å². The lowest BCUT2D eigenvalue weighted by atomic mass is 9.89. The third-order valence-electron chi connectivity index (χ3n) is 3.05. The summed E-state index contributed by atoms with van der Waals surface area (Å²) in [5.74, 6) is -0.194. The van der Waals surface area contributed by atoms with Gasteiger partial charge < -0.3 is 14.8 Å². The summed E-state index contributed by atoms with van der Waals surface area (Å²) in [6, 6.07) is 5.99. The van der Waals surface area contributed by atoms with Crippen LogP contribution in [0.3, 0.4) is 0 Å². The van der Waals surface area contributed by atoms with Crippen LogP contribution in [0.25, 0.3) is 0 Å². The molecule has 3 nitrogen and oxygen atoms in total. The van der Waals surface area contributed by atoms with Crippen molar-refractivity contribution >= 4 is 0 Å². The molecule has 0 amide bonds. The lowest BCUT2D eigenvalue weighted by molar-refractivity contribution is -0.274. The Kier molecular flexibility index (Phi) is 6.48. The molecule has 120 valence electrons. The third kappa shape index (κ3) is 7.92. The summed E-state index contributed by atoms with van der Waals surface area (Å²) in [5, 5.41) is 3.25. The van der Waals surface area contributed by atoms with Crippen molar-refractivity contribution in [2.24, 2.45) is 5.41 Å². The van der Waals surface area contributed by atoms with Gasteiger partial charge in [0, 0.05) is 26.8 Å². The maximum absolute atomic E-state index is 12.1. The summed E-state index contributed by atoms with van der Waals surface area (Å²) in [4.78, 5) is 0. The molecule has 1 rings (SSSR count). The lowest BCUT2D eigenvalue weighted by Crippen LogP contribution is -2.30. The molecule has 0 saturated carbocycles. The molecule has 0 aliphatic rings. The molecule has 0 spiro atoms. The number of benzene rings is 1. The summed E-state index contributed by atoms with van der Waals surface area (Å²) < 4.78 is 45.4. The zero-order chi connectivity index (χ0) is 15.9. The molecular formula is C15H22F3NO2. The second kappa shape index (κ2) is 7.66. The molecule has 1 aromatic rings. The predicted octanol–water partition coefficient (Wildman–Crippen LogP) is 3.74. The van der Waals surface area contributed by atoms with Crippen LogP contribution in [0.1, 0.15) is 25.8 Å². The quantitative estimate of drug-likeness (QED) is 0.793. The maximum Gasteiger partial charge on any atom is 0.573 e. The second-order valence-corrected chi connectivity index (χ2v) is 5.71. The van der Waals surface area contributed by atoms with E-state index in [1.807, 2.05) is 0 Å². The molecule has 0 aliphatic heterocycles. The molecule has 0 radical (unpaired) electrons. The molecule has 0 atom stereocenters. The van der Waals surface area contributed by atoms with Gasteiger partial charge >= 0.3 is 6.36 Å². The van der Waals surface area contributed by atoms with Crippen molar-refractivity contribution in [2.75, 3.05) is 20.3 Å². The molecule has 0 heterocycles. The number of rotatable bonds is 8. The van der Waals surface area contributed by atoms with Crippen LogP contribution in [-0.2, 0) is 11.3 Å². The fourth-order valence-electron chi connectivity index (χ4n) is 1.86. The first kappa shape index (κ1) is 17.8. The zero-order valence-corrected chi connectivity index (χ0v) is 12.6. The van der Waals surface area contributed by atoms with Crippen LogP contribution in [0.2, 0.25) is 0 Å². The van der Waals surface area contributed by atoms with Gasteiger partial charge in [-0.3, -0.25) is 0 Å². The number of alkyl halides is 3. The Bertz CT molecular complexity index is 433. The van der Waals surface area contributed by atoms with Crippen molar-refractivity contribution in [2.45, 2.75) is 33.2 Å². The van der Waals surface area contributed by atoms with Gasteiger partial charge in [-0.05, 0) is 29.5 Å². The van der Waals surface area contributed by atoms with Gasteiger partial charge in [0.05, 0.1) is 0 Å². The van der Waals surface area contributed by atoms with Crippen molar-refractivity contribution in [1.82, 2.24) is 5.32 Å². The van der Waals surface area contributed by atoms with Gasteiger partial charge in [-0.15, -0.1) is 13.2 Å². The van der Waals surface area contributed by atoms with E-state index in [1.54, 1.807) is 19.2 Å². The molecule has 21 heavy (non-hydrogen) atoms. The van der Waals surface area contributed by atoms with E-state index in [9.17, 15) is 13.2 Å². The van der Waals surface area contributed by atoms with E-state index in [-0.39, 0.29) is 11.2 Å². The van der Waals surface area contributed by atoms with Crippen molar-refractivity contribution in [3.63, 3.8) is 0 Å². The van der Waals surface area contributed by atoms with Gasteiger partial charge in [-0.25, -0.2) is 0 Å². The van der Waals surface area contributed by atoms with Gasteiger partial charge in [0.25, 0.3) is 0 Å². The monoisotopic (exact) mass is 305 g/mol. The SMILES string of the molecule is COCCC(C)(C)CNCc1cccc(OC(F)(F)F)c1. The van der Waals surface area contributed by atoms with Crippen LogP contribution < -0.4 is 10.1 Å². The minimum absolute atomic E-state index is 0.0656. The maximum atomic E-state index is 12.1. The van der Waals surface area contributed by atoms with E-state index < -0.39 is 6.36 Å². The first-order valence-corrected chi connectivity index (χ1v) is 6.76. The van der Waals surface area contributed by atoms with Crippen LogP contribution in [0, 0.1) is 5.41 Å². The van der Waals surface area contributed by atoms with E-state index in [0.29, 0.717) is 13.2 Å². The Morgan fingerprint density at radius 1 is 1.19 bits per heavy atom. The summed E-state index contributed by atoms with van der Waals surface area (Å²) in [6.07, 6.45) is -3.75. The molecule has 0 aliphatic carbocycles. The molecule has 0 saturated heterocycles. The number of halogens is 3. The van der Waals surface area contributed by atoms with Crippen molar-refractivity contribution in [1.29, 1.82) is 0 Å². The first-order valence-electron chi connectivity index (χ1n) is 6.76.